The smallest absolute Gasteiger partial charge is 0.306 e. The van der Waals surface area contributed by atoms with Crippen molar-refractivity contribution in [1.82, 2.24) is 0 Å². The number of nitro benzene ring substituents is 1. The molecule has 0 saturated heterocycles. The number of carbonyl (C=O) groups is 2. The van der Waals surface area contributed by atoms with Crippen LogP contribution in [0, 0.1) is 24.0 Å². The third-order valence-corrected chi connectivity index (χ3v) is 3.79. The van der Waals surface area contributed by atoms with E-state index in [1.807, 2.05) is 32.0 Å². The Kier molecular flexibility index (Phi) is 6.43. The van der Waals surface area contributed by atoms with Gasteiger partial charge in [0.15, 0.2) is 0 Å². The molecule has 0 radical (unpaired) electrons. The van der Waals surface area contributed by atoms with Gasteiger partial charge in [0.25, 0.3) is 5.69 Å². The fourth-order valence-electron chi connectivity index (χ4n) is 2.42. The van der Waals surface area contributed by atoms with Crippen molar-refractivity contribution in [2.75, 3.05) is 5.32 Å². The largest absolute Gasteiger partial charge is 0.461 e. The lowest BCUT2D eigenvalue weighted by molar-refractivity contribution is -0.385. The molecule has 0 atom stereocenters. The van der Waals surface area contributed by atoms with Gasteiger partial charge in [-0.05, 0) is 31.5 Å². The summed E-state index contributed by atoms with van der Waals surface area (Å²) in [4.78, 5) is 34.1. The second-order valence-electron chi connectivity index (χ2n) is 5.91. The Morgan fingerprint density at radius 3 is 2.54 bits per heavy atom. The van der Waals surface area contributed by atoms with Crippen molar-refractivity contribution >= 4 is 23.3 Å². The van der Waals surface area contributed by atoms with Gasteiger partial charge in [-0.1, -0.05) is 29.8 Å². The molecule has 0 aromatic heterocycles. The van der Waals surface area contributed by atoms with Gasteiger partial charge in [-0.3, -0.25) is 19.7 Å². The van der Waals surface area contributed by atoms with Gasteiger partial charge in [0.1, 0.15) is 6.61 Å². The van der Waals surface area contributed by atoms with Crippen molar-refractivity contribution in [1.29, 1.82) is 0 Å². The van der Waals surface area contributed by atoms with Gasteiger partial charge < -0.3 is 10.1 Å². The average Bonchev–Trinajstić information content (AvgIpc) is 2.60. The van der Waals surface area contributed by atoms with E-state index >= 15 is 0 Å². The number of para-hydroxylation sites is 1. The molecule has 0 bridgehead atoms. The molecule has 7 heteroatoms. The van der Waals surface area contributed by atoms with E-state index in [9.17, 15) is 19.7 Å². The van der Waals surface area contributed by atoms with E-state index in [0.29, 0.717) is 11.3 Å². The highest BCUT2D eigenvalue weighted by molar-refractivity contribution is 5.93. The summed E-state index contributed by atoms with van der Waals surface area (Å²) in [5.41, 5.74) is 2.95. The van der Waals surface area contributed by atoms with Crippen LogP contribution in [0.4, 0.5) is 11.4 Å². The van der Waals surface area contributed by atoms with E-state index in [1.165, 1.54) is 12.1 Å². The number of anilines is 1. The summed E-state index contributed by atoms with van der Waals surface area (Å²) in [5, 5.41) is 13.7. The number of hydrogen-bond donors (Lipinski definition) is 1. The Hall–Kier alpha value is -3.22. The lowest BCUT2D eigenvalue weighted by Gasteiger charge is -2.09. The first-order valence-electron chi connectivity index (χ1n) is 8.12. The van der Waals surface area contributed by atoms with E-state index in [-0.39, 0.29) is 31.0 Å². The van der Waals surface area contributed by atoms with Crippen molar-refractivity contribution in [2.24, 2.45) is 0 Å². The molecule has 1 amide bonds. The van der Waals surface area contributed by atoms with E-state index in [4.69, 9.17) is 4.74 Å². The molecule has 0 aliphatic rings. The third kappa shape index (κ3) is 5.41. The highest BCUT2D eigenvalue weighted by Crippen LogP contribution is 2.19. The lowest BCUT2D eigenvalue weighted by atomic mass is 10.1. The topological polar surface area (TPSA) is 98.5 Å². The van der Waals surface area contributed by atoms with Gasteiger partial charge in [-0.25, -0.2) is 0 Å². The summed E-state index contributed by atoms with van der Waals surface area (Å²) in [5.74, 6) is -0.876. The molecular formula is C19H20N2O5. The van der Waals surface area contributed by atoms with Crippen molar-refractivity contribution in [2.45, 2.75) is 33.3 Å². The molecule has 0 aliphatic heterocycles. The number of nitrogens with one attached hydrogen (secondary N) is 1. The summed E-state index contributed by atoms with van der Waals surface area (Å²) in [6.07, 6.45) is -0.125. The van der Waals surface area contributed by atoms with Crippen LogP contribution >= 0.6 is 0 Å². The van der Waals surface area contributed by atoms with Crippen LogP contribution in [-0.4, -0.2) is 16.8 Å². The first kappa shape index (κ1) is 19.1. The summed E-state index contributed by atoms with van der Waals surface area (Å²) in [6, 6.07) is 11.7. The Morgan fingerprint density at radius 2 is 1.85 bits per heavy atom. The minimum atomic E-state index is -0.584. The van der Waals surface area contributed by atoms with Crippen LogP contribution in [-0.2, 0) is 20.9 Å². The molecule has 0 fully saturated rings. The lowest BCUT2D eigenvalue weighted by Crippen LogP contribution is -2.15. The van der Waals surface area contributed by atoms with Crippen LogP contribution in [0.1, 0.15) is 29.5 Å². The van der Waals surface area contributed by atoms with Crippen LogP contribution in [0.3, 0.4) is 0 Å². The fourth-order valence-corrected chi connectivity index (χ4v) is 2.42. The highest BCUT2D eigenvalue weighted by Gasteiger charge is 2.15. The maximum Gasteiger partial charge on any atom is 0.306 e. The molecule has 136 valence electrons. The van der Waals surface area contributed by atoms with Gasteiger partial charge in [0.2, 0.25) is 5.91 Å². The number of ether oxygens (including phenoxy) is 1. The van der Waals surface area contributed by atoms with Crippen LogP contribution in [0.25, 0.3) is 0 Å². The van der Waals surface area contributed by atoms with Crippen molar-refractivity contribution in [3.63, 3.8) is 0 Å². The molecule has 0 unspecified atom stereocenters. The van der Waals surface area contributed by atoms with Gasteiger partial charge in [-0.15, -0.1) is 0 Å². The Morgan fingerprint density at radius 1 is 1.12 bits per heavy atom. The van der Waals surface area contributed by atoms with Gasteiger partial charge in [0, 0.05) is 18.2 Å². The quantitative estimate of drug-likeness (QED) is 0.463. The van der Waals surface area contributed by atoms with Crippen LogP contribution < -0.4 is 5.32 Å². The minimum Gasteiger partial charge on any atom is -0.461 e. The molecule has 26 heavy (non-hydrogen) atoms. The summed E-state index contributed by atoms with van der Waals surface area (Å²) < 4.78 is 5.04. The molecule has 2 aromatic carbocycles. The summed E-state index contributed by atoms with van der Waals surface area (Å²) in [6.45, 7) is 3.66. The third-order valence-electron chi connectivity index (χ3n) is 3.79. The molecule has 0 spiro atoms. The molecule has 0 aliphatic carbocycles. The van der Waals surface area contributed by atoms with Crippen molar-refractivity contribution in [3.8, 4) is 0 Å². The van der Waals surface area contributed by atoms with E-state index in [0.717, 1.165) is 11.1 Å². The monoisotopic (exact) mass is 356 g/mol. The molecule has 2 aromatic rings. The zero-order chi connectivity index (χ0) is 19.1. The van der Waals surface area contributed by atoms with Crippen LogP contribution in [0.5, 0.6) is 0 Å². The Bertz CT molecular complexity index is 832. The number of hydrogen-bond acceptors (Lipinski definition) is 5. The van der Waals surface area contributed by atoms with Gasteiger partial charge in [0.05, 0.1) is 16.9 Å². The maximum atomic E-state index is 12.0. The van der Waals surface area contributed by atoms with Crippen molar-refractivity contribution < 1.29 is 19.2 Å². The number of amides is 1. The van der Waals surface area contributed by atoms with Crippen LogP contribution in [0.15, 0.2) is 42.5 Å². The highest BCUT2D eigenvalue weighted by atomic mass is 16.6. The average molecular weight is 356 g/mol. The standard InChI is InChI=1S/C19H20N2O5/c1-13-7-8-16(14(2)11-13)20-18(22)9-10-19(23)26-12-15-5-3-4-6-17(15)21(24)25/h3-8,11H,9-10,12H2,1-2H3,(H,20,22). The number of aryl methyl sites for hydroxylation is 2. The second kappa shape index (κ2) is 8.75. The first-order chi connectivity index (χ1) is 12.4. The number of nitro groups is 1. The van der Waals surface area contributed by atoms with Crippen molar-refractivity contribution in [3.05, 3.63) is 69.3 Å². The Balaban J connectivity index is 1.81. The number of carbonyl (C=O) groups excluding carboxylic acids is 2. The predicted octanol–water partition coefficient (Wildman–Crippen LogP) is 3.67. The maximum absolute atomic E-state index is 12.0. The van der Waals surface area contributed by atoms with Gasteiger partial charge >= 0.3 is 5.97 Å². The second-order valence-corrected chi connectivity index (χ2v) is 5.91. The summed E-state index contributed by atoms with van der Waals surface area (Å²) >= 11 is 0. The molecule has 0 heterocycles. The number of nitrogens with zero attached hydrogens (tertiary/aromatic N) is 1. The van der Waals surface area contributed by atoms with E-state index in [2.05, 4.69) is 5.32 Å². The number of esters is 1. The molecular weight excluding hydrogens is 336 g/mol. The normalized spacial score (nSPS) is 10.2. The van der Waals surface area contributed by atoms with Gasteiger partial charge in [-0.2, -0.15) is 0 Å². The number of rotatable bonds is 7. The molecule has 1 N–H and O–H groups in total. The molecule has 7 nitrogen and oxygen atoms in total. The molecule has 2 rings (SSSR count). The summed E-state index contributed by atoms with van der Waals surface area (Å²) in [7, 11) is 0. The minimum absolute atomic E-state index is 0.0248. The zero-order valence-electron chi connectivity index (χ0n) is 14.7. The molecule has 0 saturated carbocycles. The van der Waals surface area contributed by atoms with E-state index in [1.54, 1.807) is 12.1 Å². The van der Waals surface area contributed by atoms with Crippen LogP contribution in [0.2, 0.25) is 0 Å². The predicted molar refractivity (Wildman–Crippen MR) is 96.7 cm³/mol. The Labute approximate surface area is 151 Å². The first-order valence-corrected chi connectivity index (χ1v) is 8.12. The van der Waals surface area contributed by atoms with E-state index < -0.39 is 10.9 Å². The number of benzene rings is 2. The fraction of sp³-hybridized carbons (Fsp3) is 0.263. The zero-order valence-corrected chi connectivity index (χ0v) is 14.7. The SMILES string of the molecule is Cc1ccc(NC(=O)CCC(=O)OCc2ccccc2[N+](=O)[O-])c(C)c1.